The molecule has 0 heterocycles. The van der Waals surface area contributed by atoms with Crippen molar-refractivity contribution < 1.29 is 29.0 Å². The summed E-state index contributed by atoms with van der Waals surface area (Å²) in [6.45, 7) is 9.85. The second-order valence-electron chi connectivity index (χ2n) is 7.95. The van der Waals surface area contributed by atoms with Crippen LogP contribution in [-0.4, -0.2) is 51.0 Å². The molecule has 0 aliphatic carbocycles. The first-order chi connectivity index (χ1) is 11.0. The van der Waals surface area contributed by atoms with E-state index in [1.807, 2.05) is 0 Å². The number of carbonyl (C=O) groups is 3. The number of ether oxygens (including phenoxy) is 2. The number of carboxylic acids is 1. The van der Waals surface area contributed by atoms with E-state index in [4.69, 9.17) is 26.0 Å². The summed E-state index contributed by atoms with van der Waals surface area (Å²) in [4.78, 5) is 35.9. The lowest BCUT2D eigenvalue weighted by Gasteiger charge is -2.32. The molecule has 0 saturated carbocycles. The normalized spacial score (nSPS) is 15.2. The minimum atomic E-state index is -2.08. The molecule has 0 rings (SSSR count). The third kappa shape index (κ3) is 8.06. The summed E-state index contributed by atoms with van der Waals surface area (Å²) in [6.07, 6.45) is -0.211. The molecular weight excluding hydrogens is 348 g/mol. The summed E-state index contributed by atoms with van der Waals surface area (Å²) >= 11 is 4.12. The van der Waals surface area contributed by atoms with Crippen LogP contribution in [0.5, 0.6) is 0 Å². The van der Waals surface area contributed by atoms with Gasteiger partial charge in [-0.15, -0.1) is 0 Å². The molecule has 0 bridgehead atoms. The maximum atomic E-state index is 12.5. The van der Waals surface area contributed by atoms with Crippen LogP contribution in [0.3, 0.4) is 0 Å². The van der Waals surface area contributed by atoms with Crippen LogP contribution >= 0.6 is 12.6 Å². The van der Waals surface area contributed by atoms with Gasteiger partial charge < -0.3 is 26.0 Å². The maximum absolute atomic E-state index is 12.5. The Morgan fingerprint density at radius 2 is 1.36 bits per heavy atom. The van der Waals surface area contributed by atoms with Crippen LogP contribution in [0.2, 0.25) is 0 Å². The standard InChI is InChI=1S/C16H30N2O6S/c1-14(2,3)23-12(21)16(18,13(22)24-15(4,5)6)8-7-9(25)10(17)11(19)20/h9-10,25H,7-8,17-18H2,1-6H3,(H,19,20)/t9?,10-/m0/s1. The first kappa shape index (κ1) is 23.7. The predicted octanol–water partition coefficient (Wildman–Crippen LogP) is 0.858. The molecule has 8 nitrogen and oxygen atoms in total. The Balaban J connectivity index is 5.42. The lowest BCUT2D eigenvalue weighted by atomic mass is 9.91. The number of rotatable bonds is 7. The molecule has 146 valence electrons. The number of esters is 2. The van der Waals surface area contributed by atoms with Gasteiger partial charge in [-0.3, -0.25) is 4.79 Å². The summed E-state index contributed by atoms with van der Waals surface area (Å²) in [5, 5.41) is 8.12. The van der Waals surface area contributed by atoms with Gasteiger partial charge in [0.2, 0.25) is 5.54 Å². The van der Waals surface area contributed by atoms with Gasteiger partial charge in [-0.1, -0.05) is 0 Å². The Bertz CT molecular complexity index is 482. The Morgan fingerprint density at radius 3 is 1.64 bits per heavy atom. The fraction of sp³-hybridized carbons (Fsp3) is 0.812. The van der Waals surface area contributed by atoms with Crippen molar-refractivity contribution in [2.45, 2.75) is 82.4 Å². The number of aliphatic carboxylic acids is 1. The van der Waals surface area contributed by atoms with Gasteiger partial charge in [0.1, 0.15) is 17.2 Å². The molecule has 9 heteroatoms. The van der Waals surface area contributed by atoms with Crippen LogP contribution < -0.4 is 11.5 Å². The van der Waals surface area contributed by atoms with Gasteiger partial charge in [0.05, 0.1) is 0 Å². The molecule has 5 N–H and O–H groups in total. The zero-order valence-corrected chi connectivity index (χ0v) is 16.6. The Kier molecular flexibility index (Phi) is 7.93. The first-order valence-electron chi connectivity index (χ1n) is 7.92. The van der Waals surface area contributed by atoms with E-state index in [1.54, 1.807) is 41.5 Å². The lowest BCUT2D eigenvalue weighted by Crippen LogP contribution is -2.59. The molecule has 2 atom stereocenters. The highest BCUT2D eigenvalue weighted by molar-refractivity contribution is 7.81. The topological polar surface area (TPSA) is 142 Å². The average molecular weight is 378 g/mol. The van der Waals surface area contributed by atoms with Crippen LogP contribution in [0.15, 0.2) is 0 Å². The minimum Gasteiger partial charge on any atom is -0.480 e. The zero-order valence-electron chi connectivity index (χ0n) is 15.7. The van der Waals surface area contributed by atoms with Gasteiger partial charge in [0.15, 0.2) is 0 Å². The van der Waals surface area contributed by atoms with E-state index in [0.29, 0.717) is 0 Å². The number of carbonyl (C=O) groups excluding carboxylic acids is 2. The SMILES string of the molecule is CC(C)(C)OC(=O)C(N)(CCC(S)[C@H](N)C(=O)O)C(=O)OC(C)(C)C. The molecule has 0 aliphatic rings. The average Bonchev–Trinajstić information content (AvgIpc) is 2.39. The first-order valence-corrected chi connectivity index (χ1v) is 8.43. The molecule has 0 aromatic heterocycles. The van der Waals surface area contributed by atoms with Gasteiger partial charge >= 0.3 is 17.9 Å². The van der Waals surface area contributed by atoms with Crippen molar-refractivity contribution in [3.8, 4) is 0 Å². The van der Waals surface area contributed by atoms with Crippen molar-refractivity contribution in [2.75, 3.05) is 0 Å². The summed E-state index contributed by atoms with van der Waals surface area (Å²) in [7, 11) is 0. The minimum absolute atomic E-state index is 0.00552. The van der Waals surface area contributed by atoms with Crippen LogP contribution in [0.1, 0.15) is 54.4 Å². The monoisotopic (exact) mass is 378 g/mol. The van der Waals surface area contributed by atoms with E-state index in [0.717, 1.165) is 0 Å². The Labute approximate surface area is 154 Å². The number of thiol groups is 1. The molecule has 0 fully saturated rings. The molecule has 0 spiro atoms. The Hall–Kier alpha value is -1.32. The maximum Gasteiger partial charge on any atom is 0.338 e. The van der Waals surface area contributed by atoms with E-state index in [-0.39, 0.29) is 12.8 Å². The summed E-state index contributed by atoms with van der Waals surface area (Å²) < 4.78 is 10.5. The van der Waals surface area contributed by atoms with Crippen LogP contribution in [0.25, 0.3) is 0 Å². The second-order valence-corrected chi connectivity index (χ2v) is 8.61. The number of nitrogens with two attached hydrogens (primary N) is 2. The molecule has 0 saturated heterocycles. The Morgan fingerprint density at radius 1 is 1.00 bits per heavy atom. The summed E-state index contributed by atoms with van der Waals surface area (Å²) in [6, 6.07) is -1.26. The highest BCUT2D eigenvalue weighted by atomic mass is 32.1. The number of hydrogen-bond acceptors (Lipinski definition) is 8. The number of carboxylic acid groups (broad SMARTS) is 1. The van der Waals surface area contributed by atoms with E-state index in [9.17, 15) is 14.4 Å². The molecule has 0 amide bonds. The molecule has 0 aliphatic heterocycles. The van der Waals surface area contributed by atoms with E-state index < -0.39 is 45.9 Å². The fourth-order valence-electron chi connectivity index (χ4n) is 1.75. The van der Waals surface area contributed by atoms with Crippen molar-refractivity contribution in [3.63, 3.8) is 0 Å². The summed E-state index contributed by atoms with van der Waals surface area (Å²) in [5.74, 6) is -3.13. The molecule has 0 aromatic carbocycles. The second kappa shape index (κ2) is 8.37. The number of hydrogen-bond donors (Lipinski definition) is 4. The zero-order chi connectivity index (χ0) is 20.2. The van der Waals surface area contributed by atoms with Gasteiger partial charge in [-0.05, 0) is 54.4 Å². The largest absolute Gasteiger partial charge is 0.480 e. The van der Waals surface area contributed by atoms with Gasteiger partial charge in [0.25, 0.3) is 0 Å². The van der Waals surface area contributed by atoms with E-state index in [2.05, 4.69) is 12.6 Å². The molecule has 1 unspecified atom stereocenters. The third-order valence-electron chi connectivity index (χ3n) is 3.06. The fourth-order valence-corrected chi connectivity index (χ4v) is 2.00. The third-order valence-corrected chi connectivity index (χ3v) is 3.64. The molecule has 0 radical (unpaired) electrons. The molecule has 0 aromatic rings. The van der Waals surface area contributed by atoms with Crippen LogP contribution in [0, 0.1) is 0 Å². The summed E-state index contributed by atoms with van der Waals surface area (Å²) in [5.41, 5.74) is 7.75. The van der Waals surface area contributed by atoms with Crippen LogP contribution in [0.4, 0.5) is 0 Å². The van der Waals surface area contributed by atoms with E-state index in [1.165, 1.54) is 0 Å². The van der Waals surface area contributed by atoms with Crippen molar-refractivity contribution in [1.82, 2.24) is 0 Å². The highest BCUT2D eigenvalue weighted by Crippen LogP contribution is 2.24. The van der Waals surface area contributed by atoms with Crippen molar-refractivity contribution >= 4 is 30.5 Å². The van der Waals surface area contributed by atoms with Gasteiger partial charge in [-0.25, -0.2) is 9.59 Å². The van der Waals surface area contributed by atoms with Gasteiger partial charge in [-0.2, -0.15) is 12.6 Å². The van der Waals surface area contributed by atoms with E-state index >= 15 is 0 Å². The van der Waals surface area contributed by atoms with Crippen molar-refractivity contribution in [2.24, 2.45) is 11.5 Å². The van der Waals surface area contributed by atoms with Crippen LogP contribution in [-0.2, 0) is 23.9 Å². The smallest absolute Gasteiger partial charge is 0.338 e. The van der Waals surface area contributed by atoms with Crippen molar-refractivity contribution in [1.29, 1.82) is 0 Å². The highest BCUT2D eigenvalue weighted by Gasteiger charge is 2.48. The molecule has 25 heavy (non-hydrogen) atoms. The lowest BCUT2D eigenvalue weighted by molar-refractivity contribution is -0.177. The molecular formula is C16H30N2O6S. The quantitative estimate of drug-likeness (QED) is 0.290. The van der Waals surface area contributed by atoms with Crippen molar-refractivity contribution in [3.05, 3.63) is 0 Å². The predicted molar refractivity (Wildman–Crippen MR) is 96.2 cm³/mol. The van der Waals surface area contributed by atoms with Gasteiger partial charge in [0, 0.05) is 5.25 Å².